The Labute approximate surface area is 307 Å². The molecule has 3 heterocycles. The zero-order valence-electron chi connectivity index (χ0n) is 28.7. The van der Waals surface area contributed by atoms with E-state index in [0.717, 1.165) is 38.5 Å². The van der Waals surface area contributed by atoms with Gasteiger partial charge in [-0.25, -0.2) is 28.7 Å². The molecule has 2 aliphatic rings. The van der Waals surface area contributed by atoms with E-state index in [1.807, 2.05) is 0 Å². The monoisotopic (exact) mass is 773 g/mol. The molecule has 2 fully saturated rings. The van der Waals surface area contributed by atoms with Crippen molar-refractivity contribution in [1.82, 2.24) is 35.5 Å². The van der Waals surface area contributed by atoms with Crippen LogP contribution in [0.25, 0.3) is 11.5 Å². The highest BCUT2D eigenvalue weighted by molar-refractivity contribution is 5.99. The van der Waals surface area contributed by atoms with Crippen LogP contribution in [0.5, 0.6) is 0 Å². The Morgan fingerprint density at radius 1 is 0.691 bits per heavy atom. The van der Waals surface area contributed by atoms with E-state index in [-0.39, 0.29) is 34.1 Å². The number of rotatable bonds is 10. The van der Waals surface area contributed by atoms with Gasteiger partial charge in [-0.2, -0.15) is 26.3 Å². The highest BCUT2D eigenvalue weighted by Crippen LogP contribution is 2.47. The topological polar surface area (TPSA) is 137 Å². The molecule has 2 aromatic carbocycles. The van der Waals surface area contributed by atoms with E-state index in [1.165, 1.54) is 42.2 Å². The highest BCUT2D eigenvalue weighted by Gasteiger charge is 2.43. The Balaban J connectivity index is 0.000000187. The number of Topliss-reactive ketones (excluding diaryl/α,β-unsaturated/α-hetero) is 1. The lowest BCUT2D eigenvalue weighted by Gasteiger charge is -2.42. The van der Waals surface area contributed by atoms with Crippen molar-refractivity contribution in [3.63, 3.8) is 0 Å². The third kappa shape index (κ3) is 8.84. The van der Waals surface area contributed by atoms with Crippen molar-refractivity contribution < 1.29 is 49.1 Å². The first-order chi connectivity index (χ1) is 26.1. The normalized spacial score (nSPS) is 15.9. The summed E-state index contributed by atoms with van der Waals surface area (Å²) in [6.07, 6.45) is 1.38. The van der Waals surface area contributed by atoms with Gasteiger partial charge in [0, 0.05) is 48.5 Å². The van der Waals surface area contributed by atoms with Gasteiger partial charge in [0.25, 0.3) is 5.89 Å². The molecule has 0 bridgehead atoms. The Bertz CT molecular complexity index is 2130. The SMILES string of the molecule is Fc1ccccc1C1(Cc2ncc(-c3nnc(C(F)(F)F)o3)cn2)CCC1.O=C(CNC(=O)C(F)(F)F)c1cnc(CC2(c3ccccc3F)CCC2)nc1. The van der Waals surface area contributed by atoms with Crippen molar-refractivity contribution in [2.45, 2.75) is 74.5 Å². The summed E-state index contributed by atoms with van der Waals surface area (Å²) >= 11 is 0. The molecule has 0 aliphatic heterocycles. The van der Waals surface area contributed by atoms with Gasteiger partial charge in [0.15, 0.2) is 5.78 Å². The first-order valence-electron chi connectivity index (χ1n) is 17.0. The van der Waals surface area contributed by atoms with Crippen molar-refractivity contribution in [2.75, 3.05) is 6.54 Å². The Kier molecular flexibility index (Phi) is 11.1. The van der Waals surface area contributed by atoms with Gasteiger partial charge >= 0.3 is 24.2 Å². The summed E-state index contributed by atoms with van der Waals surface area (Å²) in [5.74, 6) is -4.28. The Morgan fingerprint density at radius 2 is 1.16 bits per heavy atom. The van der Waals surface area contributed by atoms with Crippen LogP contribution in [0, 0.1) is 11.6 Å². The molecule has 10 nitrogen and oxygen atoms in total. The molecule has 7 rings (SSSR count). The van der Waals surface area contributed by atoms with Gasteiger partial charge in [0.2, 0.25) is 0 Å². The lowest BCUT2D eigenvalue weighted by molar-refractivity contribution is -0.173. The summed E-state index contributed by atoms with van der Waals surface area (Å²) in [6, 6.07) is 13.2. The first-order valence-corrected chi connectivity index (χ1v) is 17.0. The van der Waals surface area contributed by atoms with E-state index < -0.39 is 41.9 Å². The molecule has 288 valence electrons. The first kappa shape index (κ1) is 39.0. The van der Waals surface area contributed by atoms with E-state index in [4.69, 9.17) is 0 Å². The highest BCUT2D eigenvalue weighted by atomic mass is 19.4. The minimum Gasteiger partial charge on any atom is -0.413 e. The predicted octanol–water partition coefficient (Wildman–Crippen LogP) is 7.49. The molecular weight excluding hydrogens is 742 g/mol. The maximum absolute atomic E-state index is 14.2. The van der Waals surface area contributed by atoms with E-state index >= 15 is 0 Å². The number of amides is 1. The fourth-order valence-electron chi connectivity index (χ4n) is 6.64. The number of hydrogen-bond acceptors (Lipinski definition) is 9. The van der Waals surface area contributed by atoms with Gasteiger partial charge in [0.1, 0.15) is 23.3 Å². The summed E-state index contributed by atoms with van der Waals surface area (Å²) in [5, 5.41) is 7.86. The second kappa shape index (κ2) is 15.6. The van der Waals surface area contributed by atoms with Crippen molar-refractivity contribution in [3.8, 4) is 11.5 Å². The average Bonchev–Trinajstić information content (AvgIpc) is 3.63. The van der Waals surface area contributed by atoms with Crippen LogP contribution in [-0.4, -0.2) is 54.5 Å². The number of halogens is 8. The molecule has 0 unspecified atom stereocenters. The van der Waals surface area contributed by atoms with Crippen LogP contribution in [-0.2, 0) is 34.6 Å². The van der Waals surface area contributed by atoms with Crippen LogP contribution in [0.1, 0.15) is 77.5 Å². The van der Waals surface area contributed by atoms with Gasteiger partial charge < -0.3 is 9.73 Å². The van der Waals surface area contributed by atoms with Gasteiger partial charge in [-0.3, -0.25) is 9.59 Å². The quantitative estimate of drug-likeness (QED) is 0.113. The molecule has 3 aromatic heterocycles. The van der Waals surface area contributed by atoms with E-state index in [9.17, 15) is 44.7 Å². The molecule has 0 atom stereocenters. The molecule has 0 saturated heterocycles. The number of carbonyl (C=O) groups is 2. The van der Waals surface area contributed by atoms with Crippen molar-refractivity contribution in [1.29, 1.82) is 0 Å². The number of aromatic nitrogens is 6. The smallest absolute Gasteiger partial charge is 0.413 e. The van der Waals surface area contributed by atoms with Crippen molar-refractivity contribution >= 4 is 11.7 Å². The van der Waals surface area contributed by atoms with Crippen LogP contribution in [0.15, 0.2) is 77.7 Å². The van der Waals surface area contributed by atoms with Crippen LogP contribution >= 0.6 is 0 Å². The fourth-order valence-corrected chi connectivity index (χ4v) is 6.64. The Hall–Kier alpha value is -5.68. The molecule has 1 N–H and O–H groups in total. The van der Waals surface area contributed by atoms with Gasteiger partial charge in [0.05, 0.1) is 17.7 Å². The fraction of sp³-hybridized carbons (Fsp3) is 0.351. The number of ketones is 1. The number of hydrogen-bond donors (Lipinski definition) is 1. The lowest BCUT2D eigenvalue weighted by atomic mass is 9.62. The van der Waals surface area contributed by atoms with E-state index in [1.54, 1.807) is 36.4 Å². The average molecular weight is 774 g/mol. The Morgan fingerprint density at radius 3 is 1.56 bits per heavy atom. The summed E-state index contributed by atoms with van der Waals surface area (Å²) in [7, 11) is 0. The zero-order chi connectivity index (χ0) is 39.4. The standard InChI is InChI=1S/C19H17F4N3O2.C18H14F4N4O/c20-14-5-2-1-4-13(14)18(6-3-7-18)8-16-24-9-12(10-25-16)15(27)11-26-17(28)19(21,22)23;19-13-5-2-1-4-12(13)17(6-3-7-17)8-14-23-9-11(10-24-14)15-25-26-16(27-15)18(20,21)22/h1-2,4-5,9-10H,3,6-8,11H2,(H,26,28);1-2,4-5,9-10H,3,6-8H2. The largest absolute Gasteiger partial charge is 0.471 e. The van der Waals surface area contributed by atoms with Gasteiger partial charge in [-0.15, -0.1) is 10.2 Å². The molecule has 2 aliphatic carbocycles. The number of alkyl halides is 6. The predicted molar refractivity (Wildman–Crippen MR) is 177 cm³/mol. The lowest BCUT2D eigenvalue weighted by Crippen LogP contribution is -2.39. The van der Waals surface area contributed by atoms with E-state index in [0.29, 0.717) is 35.6 Å². The van der Waals surface area contributed by atoms with Gasteiger partial charge in [-0.1, -0.05) is 49.2 Å². The summed E-state index contributed by atoms with van der Waals surface area (Å²) < 4.78 is 107. The van der Waals surface area contributed by atoms with Crippen molar-refractivity contribution in [3.05, 3.63) is 119 Å². The molecule has 55 heavy (non-hydrogen) atoms. The second-order valence-corrected chi connectivity index (χ2v) is 13.4. The van der Waals surface area contributed by atoms with Crippen molar-refractivity contribution in [2.24, 2.45) is 0 Å². The zero-order valence-corrected chi connectivity index (χ0v) is 28.7. The third-order valence-corrected chi connectivity index (χ3v) is 9.82. The molecule has 2 saturated carbocycles. The minimum atomic E-state index is -5.05. The van der Waals surface area contributed by atoms with Gasteiger partial charge in [-0.05, 0) is 48.9 Å². The van der Waals surface area contributed by atoms with Crippen LogP contribution < -0.4 is 5.32 Å². The van der Waals surface area contributed by atoms with E-state index in [2.05, 4.69) is 34.6 Å². The summed E-state index contributed by atoms with van der Waals surface area (Å²) in [6.45, 7) is -0.805. The molecular formula is C37H31F8N7O3. The molecule has 5 aromatic rings. The maximum Gasteiger partial charge on any atom is 0.471 e. The van der Waals surface area contributed by atoms with Crippen LogP contribution in [0.2, 0.25) is 0 Å². The number of carbonyl (C=O) groups excluding carboxylic acids is 2. The molecule has 1 amide bonds. The summed E-state index contributed by atoms with van der Waals surface area (Å²) in [4.78, 5) is 39.3. The van der Waals surface area contributed by atoms with Crippen LogP contribution in [0.3, 0.4) is 0 Å². The molecule has 18 heteroatoms. The number of nitrogens with one attached hydrogen (secondary N) is 1. The molecule has 0 radical (unpaired) electrons. The summed E-state index contributed by atoms with van der Waals surface area (Å²) in [5.41, 5.74) is 0.698. The molecule has 0 spiro atoms. The minimum absolute atomic E-state index is 0.0141. The number of benzene rings is 2. The maximum atomic E-state index is 14.2. The number of nitrogens with zero attached hydrogens (tertiary/aromatic N) is 6. The second-order valence-electron chi connectivity index (χ2n) is 13.4. The van der Waals surface area contributed by atoms with Crippen LogP contribution in [0.4, 0.5) is 35.1 Å². The third-order valence-electron chi connectivity index (χ3n) is 9.82.